The first-order valence-electron chi connectivity index (χ1n) is 10.4. The van der Waals surface area contributed by atoms with Crippen molar-refractivity contribution < 1.29 is 19.1 Å². The highest BCUT2D eigenvalue weighted by Gasteiger charge is 2.23. The molecule has 2 amide bonds. The minimum atomic E-state index is -0.831. The molecule has 3 N–H and O–H groups in total. The van der Waals surface area contributed by atoms with Crippen molar-refractivity contribution in [2.45, 2.75) is 0 Å². The first-order chi connectivity index (χ1) is 16.4. The smallest absolute Gasteiger partial charge is 0.356 e. The molecule has 0 radical (unpaired) electrons. The number of nitrogens with two attached hydrogens (primary N) is 1. The fraction of sp³-hybridized carbons (Fsp3) is 0.0769. The van der Waals surface area contributed by atoms with Crippen molar-refractivity contribution in [2.75, 3.05) is 11.9 Å². The molecule has 8 heteroatoms. The molecule has 0 bridgehead atoms. The van der Waals surface area contributed by atoms with Gasteiger partial charge in [0.15, 0.2) is 6.61 Å². The van der Waals surface area contributed by atoms with Crippen LogP contribution in [0, 0.1) is 0 Å². The number of anilines is 1. The van der Waals surface area contributed by atoms with Crippen LogP contribution in [0.2, 0.25) is 0 Å². The van der Waals surface area contributed by atoms with Gasteiger partial charge < -0.3 is 20.4 Å². The van der Waals surface area contributed by atoms with E-state index in [1.54, 1.807) is 36.4 Å². The minimum absolute atomic E-state index is 0.0280. The summed E-state index contributed by atoms with van der Waals surface area (Å²) in [6.07, 6.45) is 0. The lowest BCUT2D eigenvalue weighted by atomic mass is 9.97. The summed E-state index contributed by atoms with van der Waals surface area (Å²) < 4.78 is 6.51. The molecule has 0 unspecified atom stereocenters. The standard InChI is InChI=1S/C26H21N3O5/c1-29-23(26(33)34-15-21(30)28-20-14-8-7-13-19(20)24(27)31)22(16-9-3-2-4-10-16)17-11-5-6-12-18(17)25(29)32/h2-14H,15H2,1H3,(H2,27,31)(H,28,30). The molecule has 0 aliphatic rings. The van der Waals surface area contributed by atoms with E-state index < -0.39 is 24.4 Å². The van der Waals surface area contributed by atoms with Crippen molar-refractivity contribution in [3.63, 3.8) is 0 Å². The average molecular weight is 455 g/mol. The first-order valence-corrected chi connectivity index (χ1v) is 10.4. The average Bonchev–Trinajstić information content (AvgIpc) is 2.85. The van der Waals surface area contributed by atoms with Crippen LogP contribution >= 0.6 is 0 Å². The zero-order valence-electron chi connectivity index (χ0n) is 18.3. The normalized spacial score (nSPS) is 10.6. The summed E-state index contributed by atoms with van der Waals surface area (Å²) in [6.45, 7) is -0.624. The number of nitrogens with one attached hydrogen (secondary N) is 1. The van der Waals surface area contributed by atoms with Crippen molar-refractivity contribution in [2.24, 2.45) is 12.8 Å². The SMILES string of the molecule is Cn1c(C(=O)OCC(=O)Nc2ccccc2C(N)=O)c(-c2ccccc2)c2ccccc2c1=O. The van der Waals surface area contributed by atoms with Crippen LogP contribution in [-0.4, -0.2) is 29.0 Å². The van der Waals surface area contributed by atoms with Crippen LogP contribution in [0.4, 0.5) is 5.69 Å². The van der Waals surface area contributed by atoms with E-state index in [0.29, 0.717) is 16.3 Å². The van der Waals surface area contributed by atoms with Crippen LogP contribution < -0.4 is 16.6 Å². The second kappa shape index (κ2) is 9.41. The molecule has 170 valence electrons. The van der Waals surface area contributed by atoms with Gasteiger partial charge in [0.1, 0.15) is 5.69 Å². The minimum Gasteiger partial charge on any atom is -0.451 e. The van der Waals surface area contributed by atoms with Gasteiger partial charge in [0, 0.05) is 18.0 Å². The number of para-hydroxylation sites is 1. The Morgan fingerprint density at radius 3 is 2.21 bits per heavy atom. The number of carbonyl (C=O) groups excluding carboxylic acids is 3. The molecule has 1 aromatic heterocycles. The summed E-state index contributed by atoms with van der Waals surface area (Å²) in [6, 6.07) is 22.4. The van der Waals surface area contributed by atoms with Crippen LogP contribution in [0.1, 0.15) is 20.8 Å². The van der Waals surface area contributed by atoms with Gasteiger partial charge in [-0.15, -0.1) is 0 Å². The topological polar surface area (TPSA) is 120 Å². The number of fused-ring (bicyclic) bond motifs is 1. The molecular formula is C26H21N3O5. The highest BCUT2D eigenvalue weighted by atomic mass is 16.5. The molecule has 1 heterocycles. The van der Waals surface area contributed by atoms with E-state index >= 15 is 0 Å². The van der Waals surface area contributed by atoms with Crippen LogP contribution in [0.5, 0.6) is 0 Å². The van der Waals surface area contributed by atoms with Gasteiger partial charge >= 0.3 is 5.97 Å². The predicted molar refractivity (Wildman–Crippen MR) is 128 cm³/mol. The van der Waals surface area contributed by atoms with Gasteiger partial charge in [-0.3, -0.25) is 14.4 Å². The quantitative estimate of drug-likeness (QED) is 0.433. The van der Waals surface area contributed by atoms with E-state index in [0.717, 1.165) is 5.56 Å². The number of hydrogen-bond donors (Lipinski definition) is 2. The third-order valence-corrected chi connectivity index (χ3v) is 5.36. The molecule has 0 spiro atoms. The second-order valence-corrected chi connectivity index (χ2v) is 7.53. The third-order valence-electron chi connectivity index (χ3n) is 5.36. The molecule has 4 aromatic rings. The van der Waals surface area contributed by atoms with Gasteiger partial charge in [0.25, 0.3) is 17.4 Å². The third kappa shape index (κ3) is 4.29. The van der Waals surface area contributed by atoms with Gasteiger partial charge in [0.05, 0.1) is 11.3 Å². The van der Waals surface area contributed by atoms with Crippen LogP contribution in [0.15, 0.2) is 83.7 Å². The molecule has 0 fully saturated rings. The number of aromatic nitrogens is 1. The largest absolute Gasteiger partial charge is 0.451 e. The van der Waals surface area contributed by atoms with Crippen LogP contribution in [0.25, 0.3) is 21.9 Å². The maximum Gasteiger partial charge on any atom is 0.356 e. The zero-order valence-corrected chi connectivity index (χ0v) is 18.3. The maximum atomic E-state index is 13.2. The molecule has 0 saturated carbocycles. The highest BCUT2D eigenvalue weighted by molar-refractivity contribution is 6.07. The van der Waals surface area contributed by atoms with Crippen molar-refractivity contribution >= 4 is 34.2 Å². The maximum absolute atomic E-state index is 13.2. The van der Waals surface area contributed by atoms with Crippen molar-refractivity contribution in [3.05, 3.63) is 100 Å². The lowest BCUT2D eigenvalue weighted by Gasteiger charge is -2.17. The van der Waals surface area contributed by atoms with E-state index in [-0.39, 0.29) is 22.5 Å². The summed E-state index contributed by atoms with van der Waals surface area (Å²) in [5.74, 6) is -2.19. The van der Waals surface area contributed by atoms with E-state index in [9.17, 15) is 19.2 Å². The zero-order chi connectivity index (χ0) is 24.2. The summed E-state index contributed by atoms with van der Waals surface area (Å²) in [5.41, 5.74) is 6.59. The lowest BCUT2D eigenvalue weighted by molar-refractivity contribution is -0.119. The highest BCUT2D eigenvalue weighted by Crippen LogP contribution is 2.30. The summed E-state index contributed by atoms with van der Waals surface area (Å²) in [7, 11) is 1.49. The Morgan fingerprint density at radius 1 is 0.882 bits per heavy atom. The summed E-state index contributed by atoms with van der Waals surface area (Å²) in [4.78, 5) is 50.1. The Bertz CT molecular complexity index is 1480. The number of rotatable bonds is 6. The van der Waals surface area contributed by atoms with Gasteiger partial charge in [-0.25, -0.2) is 4.79 Å². The van der Waals surface area contributed by atoms with Gasteiger partial charge in [-0.2, -0.15) is 0 Å². The van der Waals surface area contributed by atoms with E-state index in [4.69, 9.17) is 10.5 Å². The Balaban J connectivity index is 1.67. The molecule has 0 saturated heterocycles. The fourth-order valence-corrected chi connectivity index (χ4v) is 3.79. The number of nitrogens with zero attached hydrogens (tertiary/aromatic N) is 1. The predicted octanol–water partition coefficient (Wildman–Crippen LogP) is 3.10. The monoisotopic (exact) mass is 455 g/mol. The van der Waals surface area contributed by atoms with Gasteiger partial charge in [-0.1, -0.05) is 60.7 Å². The fourth-order valence-electron chi connectivity index (χ4n) is 3.79. The number of pyridine rings is 1. The first kappa shape index (κ1) is 22.5. The van der Waals surface area contributed by atoms with Crippen molar-refractivity contribution in [3.8, 4) is 11.1 Å². The molecule has 3 aromatic carbocycles. The van der Waals surface area contributed by atoms with Gasteiger partial charge in [0.2, 0.25) is 0 Å². The summed E-state index contributed by atoms with van der Waals surface area (Å²) >= 11 is 0. The number of esters is 1. The molecular weight excluding hydrogens is 434 g/mol. The van der Waals surface area contributed by atoms with E-state index in [1.165, 1.54) is 23.7 Å². The van der Waals surface area contributed by atoms with Crippen molar-refractivity contribution in [1.82, 2.24) is 4.57 Å². The number of benzene rings is 3. The molecule has 0 atom stereocenters. The lowest BCUT2D eigenvalue weighted by Crippen LogP contribution is -2.28. The van der Waals surface area contributed by atoms with Crippen molar-refractivity contribution in [1.29, 1.82) is 0 Å². The van der Waals surface area contributed by atoms with Gasteiger partial charge in [-0.05, 0) is 29.1 Å². The molecule has 8 nitrogen and oxygen atoms in total. The molecule has 4 rings (SSSR count). The molecule has 0 aliphatic heterocycles. The molecule has 34 heavy (non-hydrogen) atoms. The Morgan fingerprint density at radius 2 is 1.50 bits per heavy atom. The van der Waals surface area contributed by atoms with E-state index in [1.807, 2.05) is 30.3 Å². The Hall–Kier alpha value is -4.72. The Kier molecular flexibility index (Phi) is 6.22. The number of amides is 2. The number of primary amides is 1. The summed E-state index contributed by atoms with van der Waals surface area (Å²) in [5, 5.41) is 3.58. The second-order valence-electron chi connectivity index (χ2n) is 7.53. The Labute approximate surface area is 194 Å². The number of ether oxygens (including phenoxy) is 1. The number of carbonyl (C=O) groups is 3. The van der Waals surface area contributed by atoms with Crippen LogP contribution in [-0.2, 0) is 16.6 Å². The van der Waals surface area contributed by atoms with Crippen LogP contribution in [0.3, 0.4) is 0 Å². The van der Waals surface area contributed by atoms with E-state index in [2.05, 4.69) is 5.32 Å². The molecule has 0 aliphatic carbocycles. The number of hydrogen-bond acceptors (Lipinski definition) is 5.